The minimum Gasteiger partial charge on any atom is -0.780 e. The molecule has 0 amide bonds. The maximum absolute atomic E-state index is 4.87. The first-order valence-electron chi connectivity index (χ1n) is 14.7. The maximum atomic E-state index is 4.87. The van der Waals surface area contributed by atoms with Gasteiger partial charge >= 0.3 is 20.4 Å². The van der Waals surface area contributed by atoms with Crippen molar-refractivity contribution in [1.82, 2.24) is 0 Å². The Bertz CT molecular complexity index is 1370. The van der Waals surface area contributed by atoms with E-state index in [0.29, 0.717) is 0 Å². The predicted octanol–water partition coefficient (Wildman–Crippen LogP) is 9.05. The van der Waals surface area contributed by atoms with Crippen LogP contribution in [0, 0.1) is 13.8 Å². The largest absolute Gasteiger partial charge is 2.00 e. The van der Waals surface area contributed by atoms with E-state index in [1.165, 1.54) is 44.7 Å². The molecule has 0 saturated carbocycles. The molecule has 6 aromatic carbocycles. The molecule has 0 saturated heterocycles. The van der Waals surface area contributed by atoms with E-state index in [1.54, 1.807) is 0 Å². The fraction of sp³-hybridized carbons (Fsp3) is 0.100. The Morgan fingerprint density at radius 1 is 0.356 bits per heavy atom. The molecule has 45 heavy (non-hydrogen) atoms. The number of hydrogen-bond acceptors (Lipinski definition) is 2. The summed E-state index contributed by atoms with van der Waals surface area (Å²) in [5.74, 6) is 0. The van der Waals surface area contributed by atoms with Crippen molar-refractivity contribution in [3.63, 3.8) is 0 Å². The molecule has 0 aromatic heterocycles. The van der Waals surface area contributed by atoms with E-state index >= 15 is 0 Å². The molecule has 0 aliphatic carbocycles. The van der Waals surface area contributed by atoms with Crippen molar-refractivity contribution in [3.05, 3.63) is 181 Å². The van der Waals surface area contributed by atoms with Gasteiger partial charge in [-0.3, -0.25) is 0 Å². The number of rotatable bonds is 7. The fourth-order valence-electron chi connectivity index (χ4n) is 4.52. The van der Waals surface area contributed by atoms with Crippen LogP contribution in [0.1, 0.15) is 11.1 Å². The van der Waals surface area contributed by atoms with E-state index in [0.717, 1.165) is 9.79 Å². The molecule has 0 aliphatic rings. The van der Waals surface area contributed by atoms with E-state index in [1.807, 2.05) is 48.5 Å². The first-order chi connectivity index (χ1) is 21.5. The number of hydrogen-bond donors (Lipinski definition) is 0. The molecule has 0 heterocycles. The summed E-state index contributed by atoms with van der Waals surface area (Å²) in [5.41, 5.74) is 2.53. The van der Waals surface area contributed by atoms with Gasteiger partial charge < -0.3 is 25.3 Å². The molecule has 0 unspecified atom stereocenters. The van der Waals surface area contributed by atoms with Crippen LogP contribution in [0.3, 0.4) is 0 Å². The van der Waals surface area contributed by atoms with Gasteiger partial charge in [0.1, 0.15) is 0 Å². The number of benzene rings is 6. The third kappa shape index (κ3) is 12.9. The van der Waals surface area contributed by atoms with Crippen molar-refractivity contribution >= 4 is 62.3 Å². The molecule has 5 heteroatoms. The van der Waals surface area contributed by atoms with Crippen LogP contribution in [0.25, 0.3) is 0 Å². The minimum absolute atomic E-state index is 0. The van der Waals surface area contributed by atoms with Crippen LogP contribution in [-0.2, 0) is 45.7 Å². The molecular formula is C40H38P2PdS2. The zero-order valence-corrected chi connectivity index (χ0v) is 30.6. The standard InChI is InChI=1S/C26H24P2.2C7H8S.Pd/c1-5-13-23(14-6-1)27(24-15-7-2-8-16-24)21-22-28(25-17-9-3-10-18-25)26-19-11-4-12-20-26;2*1-6-2-4-7(8)5-3-6;/h1-20H,21-22H2;2*2-5,8H,1H3;/q;;;+2/p-2. The quantitative estimate of drug-likeness (QED) is 0.0908. The van der Waals surface area contributed by atoms with Crippen molar-refractivity contribution in [3.8, 4) is 0 Å². The van der Waals surface area contributed by atoms with Crippen LogP contribution in [0.15, 0.2) is 180 Å². The fourth-order valence-corrected chi connectivity index (χ4v) is 10.2. The zero-order valence-electron chi connectivity index (χ0n) is 25.6. The SMILES string of the molecule is Cc1ccc([S-])cc1.Cc1ccc([S-])cc1.[Pd+2].c1ccc(P(CCP(c2ccccc2)c2ccccc2)c2ccccc2)cc1. The van der Waals surface area contributed by atoms with Crippen molar-refractivity contribution in [2.45, 2.75) is 23.6 Å². The summed E-state index contributed by atoms with van der Waals surface area (Å²) in [7, 11) is -0.696. The maximum Gasteiger partial charge on any atom is 2.00 e. The van der Waals surface area contributed by atoms with Gasteiger partial charge in [0.15, 0.2) is 0 Å². The van der Waals surface area contributed by atoms with E-state index in [-0.39, 0.29) is 36.3 Å². The summed E-state index contributed by atoms with van der Waals surface area (Å²) in [6, 6.07) is 60.0. The zero-order chi connectivity index (χ0) is 31.0. The molecule has 0 N–H and O–H groups in total. The van der Waals surface area contributed by atoms with Crippen LogP contribution in [0.4, 0.5) is 0 Å². The minimum atomic E-state index is -0.348. The second-order valence-electron chi connectivity index (χ2n) is 10.3. The van der Waals surface area contributed by atoms with Gasteiger partial charge in [-0.1, -0.05) is 181 Å². The molecule has 0 fully saturated rings. The average molecular weight is 751 g/mol. The van der Waals surface area contributed by atoms with Crippen molar-refractivity contribution < 1.29 is 20.4 Å². The third-order valence-electron chi connectivity index (χ3n) is 6.86. The Morgan fingerprint density at radius 3 is 0.778 bits per heavy atom. The van der Waals surface area contributed by atoms with Gasteiger partial charge in [-0.05, 0) is 63.2 Å². The number of aryl methyl sites for hydroxylation is 2. The van der Waals surface area contributed by atoms with Crippen LogP contribution >= 0.6 is 15.8 Å². The summed E-state index contributed by atoms with van der Waals surface area (Å²) in [6.45, 7) is 4.10. The Morgan fingerprint density at radius 2 is 0.578 bits per heavy atom. The average Bonchev–Trinajstić information content (AvgIpc) is 3.08. The molecule has 6 aromatic rings. The van der Waals surface area contributed by atoms with Gasteiger partial charge in [0, 0.05) is 0 Å². The van der Waals surface area contributed by atoms with Gasteiger partial charge in [-0.25, -0.2) is 0 Å². The first-order valence-corrected chi connectivity index (χ1v) is 18.6. The van der Waals surface area contributed by atoms with Gasteiger partial charge in [-0.15, -0.1) is 0 Å². The molecule has 0 spiro atoms. The Hall–Kier alpha value is -2.72. The molecule has 6 rings (SSSR count). The van der Waals surface area contributed by atoms with Crippen LogP contribution in [0.2, 0.25) is 0 Å². The van der Waals surface area contributed by atoms with Crippen molar-refractivity contribution in [2.75, 3.05) is 12.3 Å². The van der Waals surface area contributed by atoms with E-state index in [9.17, 15) is 0 Å². The summed E-state index contributed by atoms with van der Waals surface area (Å²) < 4.78 is 0. The summed E-state index contributed by atoms with van der Waals surface area (Å²) >= 11 is 9.74. The van der Waals surface area contributed by atoms with Gasteiger partial charge in [-0.2, -0.15) is 9.79 Å². The van der Waals surface area contributed by atoms with E-state index in [2.05, 4.69) is 135 Å². The Balaban J connectivity index is 0.000000265. The summed E-state index contributed by atoms with van der Waals surface area (Å²) in [4.78, 5) is 1.83. The van der Waals surface area contributed by atoms with E-state index in [4.69, 9.17) is 25.3 Å². The van der Waals surface area contributed by atoms with E-state index < -0.39 is 0 Å². The summed E-state index contributed by atoms with van der Waals surface area (Å²) in [6.07, 6.45) is 2.41. The van der Waals surface area contributed by atoms with Gasteiger partial charge in [0.05, 0.1) is 0 Å². The summed E-state index contributed by atoms with van der Waals surface area (Å²) in [5, 5.41) is 5.89. The van der Waals surface area contributed by atoms with Crippen molar-refractivity contribution in [2.24, 2.45) is 0 Å². The molecular weight excluding hydrogens is 713 g/mol. The molecule has 0 aliphatic heterocycles. The second-order valence-corrected chi connectivity index (χ2v) is 15.9. The molecule has 230 valence electrons. The third-order valence-corrected chi connectivity index (χ3v) is 12.8. The Labute approximate surface area is 297 Å². The smallest absolute Gasteiger partial charge is 0.780 e. The molecule has 0 nitrogen and oxygen atoms in total. The van der Waals surface area contributed by atoms with Gasteiger partial charge in [0.2, 0.25) is 0 Å². The normalized spacial score (nSPS) is 10.1. The van der Waals surface area contributed by atoms with Crippen molar-refractivity contribution in [1.29, 1.82) is 0 Å². The van der Waals surface area contributed by atoms with Gasteiger partial charge in [0.25, 0.3) is 0 Å². The molecule has 0 bridgehead atoms. The molecule has 0 radical (unpaired) electrons. The van der Waals surface area contributed by atoms with Crippen LogP contribution < -0.4 is 21.2 Å². The Kier molecular flexibility index (Phi) is 16.7. The first kappa shape index (κ1) is 36.7. The van der Waals surface area contributed by atoms with Crippen LogP contribution in [-0.4, -0.2) is 12.3 Å². The second kappa shape index (κ2) is 20.4. The predicted molar refractivity (Wildman–Crippen MR) is 201 cm³/mol. The topological polar surface area (TPSA) is 0 Å². The molecule has 0 atom stereocenters. The van der Waals surface area contributed by atoms with Crippen LogP contribution in [0.5, 0.6) is 0 Å². The monoisotopic (exact) mass is 750 g/mol.